The number of halogens is 3. The van der Waals surface area contributed by atoms with Crippen LogP contribution in [0.25, 0.3) is 0 Å². The maximum atomic E-state index is 15.0. The van der Waals surface area contributed by atoms with Crippen LogP contribution in [-0.4, -0.2) is 42.7 Å². The Bertz CT molecular complexity index is 602. The van der Waals surface area contributed by atoms with E-state index in [1.165, 1.54) is 0 Å². The average Bonchev–Trinajstić information content (AvgIpc) is 2.52. The highest BCUT2D eigenvalue weighted by Crippen LogP contribution is 2.30. The molecule has 1 saturated heterocycles. The highest BCUT2D eigenvalue weighted by atomic mass is 35.5. The second-order valence-electron chi connectivity index (χ2n) is 8.47. The summed E-state index contributed by atoms with van der Waals surface area (Å²) in [6.07, 6.45) is 2.50. The van der Waals surface area contributed by atoms with Crippen molar-refractivity contribution in [1.82, 2.24) is 10.2 Å². The maximum absolute atomic E-state index is 15.0. The van der Waals surface area contributed by atoms with E-state index in [0.717, 1.165) is 26.1 Å². The van der Waals surface area contributed by atoms with Crippen LogP contribution in [0.15, 0.2) is 18.2 Å². The standard InChI is InChI=1S/C20H29Cl2FN2O/c1-19(2,3)5-9-25-10-6-20(23,7-11-25)4-8-24-18(26)15-12-16(21)14-17(22)13-15/h12-14H,4-11H2,1-3H3,(H,24,26). The molecule has 0 unspecified atom stereocenters. The van der Waals surface area contributed by atoms with E-state index in [1.54, 1.807) is 18.2 Å². The molecule has 1 heterocycles. The van der Waals surface area contributed by atoms with Gasteiger partial charge in [0, 0.05) is 35.2 Å². The number of piperidine rings is 1. The molecule has 1 N–H and O–H groups in total. The van der Waals surface area contributed by atoms with E-state index in [9.17, 15) is 9.18 Å². The van der Waals surface area contributed by atoms with Gasteiger partial charge >= 0.3 is 0 Å². The summed E-state index contributed by atoms with van der Waals surface area (Å²) in [6.45, 7) is 9.58. The van der Waals surface area contributed by atoms with Crippen LogP contribution in [0, 0.1) is 5.41 Å². The molecule has 6 heteroatoms. The number of carbonyl (C=O) groups excluding carboxylic acids is 1. The van der Waals surface area contributed by atoms with E-state index in [0.29, 0.717) is 46.8 Å². The number of carbonyl (C=O) groups is 1. The fourth-order valence-electron chi connectivity index (χ4n) is 3.11. The van der Waals surface area contributed by atoms with Gasteiger partial charge < -0.3 is 10.2 Å². The van der Waals surface area contributed by atoms with E-state index in [2.05, 4.69) is 31.0 Å². The number of benzene rings is 1. The number of nitrogens with zero attached hydrogens (tertiary/aromatic N) is 1. The van der Waals surface area contributed by atoms with Crippen LogP contribution in [0.3, 0.4) is 0 Å². The Balaban J connectivity index is 1.75. The van der Waals surface area contributed by atoms with Crippen molar-refractivity contribution in [3.05, 3.63) is 33.8 Å². The van der Waals surface area contributed by atoms with E-state index in [1.807, 2.05) is 0 Å². The van der Waals surface area contributed by atoms with Gasteiger partial charge in [0.1, 0.15) is 5.67 Å². The topological polar surface area (TPSA) is 32.3 Å². The maximum Gasteiger partial charge on any atom is 0.251 e. The molecule has 0 radical (unpaired) electrons. The fraction of sp³-hybridized carbons (Fsp3) is 0.650. The first kappa shape index (κ1) is 21.5. The van der Waals surface area contributed by atoms with Gasteiger partial charge in [-0.3, -0.25) is 4.79 Å². The Morgan fingerprint density at radius 1 is 1.19 bits per heavy atom. The molecule has 26 heavy (non-hydrogen) atoms. The number of likely N-dealkylation sites (tertiary alicyclic amines) is 1. The molecule has 0 atom stereocenters. The van der Waals surface area contributed by atoms with E-state index < -0.39 is 5.67 Å². The molecule has 1 aliphatic heterocycles. The Labute approximate surface area is 166 Å². The Morgan fingerprint density at radius 2 is 1.77 bits per heavy atom. The third-order valence-electron chi connectivity index (χ3n) is 4.91. The van der Waals surface area contributed by atoms with Gasteiger partial charge in [-0.1, -0.05) is 44.0 Å². The predicted molar refractivity (Wildman–Crippen MR) is 107 cm³/mol. The first-order valence-corrected chi connectivity index (χ1v) is 9.98. The molecule has 1 amide bonds. The van der Waals surface area contributed by atoms with Gasteiger partial charge in [0.25, 0.3) is 5.91 Å². The number of rotatable bonds is 6. The van der Waals surface area contributed by atoms with E-state index >= 15 is 0 Å². The molecule has 0 spiro atoms. The number of amides is 1. The van der Waals surface area contributed by atoms with Crippen molar-refractivity contribution < 1.29 is 9.18 Å². The van der Waals surface area contributed by atoms with E-state index in [4.69, 9.17) is 23.2 Å². The molecular formula is C20H29Cl2FN2O. The molecular weight excluding hydrogens is 374 g/mol. The van der Waals surface area contributed by atoms with Gasteiger partial charge in [-0.05, 0) is 55.8 Å². The SMILES string of the molecule is CC(C)(C)CCN1CCC(F)(CCNC(=O)c2cc(Cl)cc(Cl)c2)CC1. The number of hydrogen-bond donors (Lipinski definition) is 1. The molecule has 0 aliphatic carbocycles. The average molecular weight is 403 g/mol. The van der Waals surface area contributed by atoms with Crippen molar-refractivity contribution in [3.63, 3.8) is 0 Å². The zero-order chi connectivity index (χ0) is 19.4. The van der Waals surface area contributed by atoms with Gasteiger partial charge in [0.05, 0.1) is 0 Å². The molecule has 146 valence electrons. The highest BCUT2D eigenvalue weighted by Gasteiger charge is 2.34. The summed E-state index contributed by atoms with van der Waals surface area (Å²) in [6, 6.07) is 4.69. The van der Waals surface area contributed by atoms with Crippen LogP contribution in [0.2, 0.25) is 10.0 Å². The number of alkyl halides is 1. The summed E-state index contributed by atoms with van der Waals surface area (Å²) < 4.78 is 15.0. The lowest BCUT2D eigenvalue weighted by atomic mass is 9.88. The molecule has 1 aliphatic rings. The largest absolute Gasteiger partial charge is 0.352 e. The molecule has 0 saturated carbocycles. The van der Waals surface area contributed by atoms with E-state index in [-0.39, 0.29) is 5.91 Å². The lowest BCUT2D eigenvalue weighted by molar-refractivity contribution is 0.0467. The minimum atomic E-state index is -1.20. The van der Waals surface area contributed by atoms with Crippen LogP contribution in [0.4, 0.5) is 4.39 Å². The summed E-state index contributed by atoms with van der Waals surface area (Å²) in [5, 5.41) is 3.59. The summed E-state index contributed by atoms with van der Waals surface area (Å²) in [4.78, 5) is 14.5. The second-order valence-corrected chi connectivity index (χ2v) is 9.34. The van der Waals surface area contributed by atoms with Crippen LogP contribution in [0.5, 0.6) is 0 Å². The molecule has 3 nitrogen and oxygen atoms in total. The van der Waals surface area contributed by atoms with Crippen molar-refractivity contribution in [1.29, 1.82) is 0 Å². The third-order valence-corrected chi connectivity index (χ3v) is 5.35. The molecule has 0 bridgehead atoms. The zero-order valence-corrected chi connectivity index (χ0v) is 17.4. The molecule has 1 aromatic rings. The quantitative estimate of drug-likeness (QED) is 0.694. The minimum absolute atomic E-state index is 0.277. The first-order valence-electron chi connectivity index (χ1n) is 9.22. The van der Waals surface area contributed by atoms with Crippen LogP contribution in [0.1, 0.15) is 56.8 Å². The summed E-state index contributed by atoms with van der Waals surface area (Å²) in [5.41, 5.74) is -0.498. The van der Waals surface area contributed by atoms with Crippen molar-refractivity contribution in [2.75, 3.05) is 26.2 Å². The monoisotopic (exact) mass is 402 g/mol. The summed E-state index contributed by atoms with van der Waals surface area (Å²) in [7, 11) is 0. The molecule has 2 rings (SSSR count). The fourth-order valence-corrected chi connectivity index (χ4v) is 3.63. The highest BCUT2D eigenvalue weighted by molar-refractivity contribution is 6.35. The Morgan fingerprint density at radius 3 is 2.31 bits per heavy atom. The van der Waals surface area contributed by atoms with Gasteiger partial charge in [-0.15, -0.1) is 0 Å². The zero-order valence-electron chi connectivity index (χ0n) is 15.9. The first-order chi connectivity index (χ1) is 12.1. The number of hydrogen-bond acceptors (Lipinski definition) is 2. The Hall–Kier alpha value is -0.840. The number of nitrogens with one attached hydrogen (secondary N) is 1. The van der Waals surface area contributed by atoms with Crippen LogP contribution < -0.4 is 5.32 Å². The molecule has 0 aromatic heterocycles. The third kappa shape index (κ3) is 7.05. The summed E-state index contributed by atoms with van der Waals surface area (Å²) in [5.74, 6) is -0.277. The van der Waals surface area contributed by atoms with Crippen molar-refractivity contribution in [2.24, 2.45) is 5.41 Å². The molecule has 1 fully saturated rings. The van der Waals surface area contributed by atoms with Gasteiger partial charge in [-0.2, -0.15) is 0 Å². The van der Waals surface area contributed by atoms with Crippen molar-refractivity contribution >= 4 is 29.1 Å². The Kier molecular flexibility index (Phi) is 7.35. The lowest BCUT2D eigenvalue weighted by Crippen LogP contribution is -2.44. The predicted octanol–water partition coefficient (Wildman–Crippen LogP) is 5.35. The van der Waals surface area contributed by atoms with Gasteiger partial charge in [-0.25, -0.2) is 4.39 Å². The van der Waals surface area contributed by atoms with Crippen LogP contribution in [-0.2, 0) is 0 Å². The van der Waals surface area contributed by atoms with Gasteiger partial charge in [0.15, 0.2) is 0 Å². The minimum Gasteiger partial charge on any atom is -0.352 e. The second kappa shape index (κ2) is 8.90. The summed E-state index contributed by atoms with van der Waals surface area (Å²) >= 11 is 11.8. The normalized spacial score (nSPS) is 17.9. The van der Waals surface area contributed by atoms with Gasteiger partial charge in [0.2, 0.25) is 0 Å². The van der Waals surface area contributed by atoms with Crippen molar-refractivity contribution in [3.8, 4) is 0 Å². The molecule has 1 aromatic carbocycles. The van der Waals surface area contributed by atoms with Crippen molar-refractivity contribution in [2.45, 2.75) is 52.1 Å². The smallest absolute Gasteiger partial charge is 0.251 e. The lowest BCUT2D eigenvalue weighted by Gasteiger charge is -2.37. The van der Waals surface area contributed by atoms with Crippen LogP contribution >= 0.6 is 23.2 Å².